The number of carbonyl (C=O) groups is 2. The molecule has 1 saturated heterocycles. The predicted molar refractivity (Wildman–Crippen MR) is 125 cm³/mol. The molecule has 0 N–H and O–H groups in total. The second kappa shape index (κ2) is 10.1. The summed E-state index contributed by atoms with van der Waals surface area (Å²) in [5, 5.41) is 0. The van der Waals surface area contributed by atoms with Crippen molar-refractivity contribution in [2.75, 3.05) is 26.8 Å². The molecule has 174 valence electrons. The molecule has 7 nitrogen and oxygen atoms in total. The first-order chi connectivity index (χ1) is 16.0. The van der Waals surface area contributed by atoms with E-state index in [1.165, 1.54) is 0 Å². The molecular formula is C26H31N3O4. The Labute approximate surface area is 194 Å². The van der Waals surface area contributed by atoms with Crippen molar-refractivity contribution < 1.29 is 19.1 Å². The van der Waals surface area contributed by atoms with Crippen molar-refractivity contribution in [1.82, 2.24) is 14.3 Å². The Balaban J connectivity index is 1.61. The molecular weight excluding hydrogens is 418 g/mol. The maximum absolute atomic E-state index is 13.4. The van der Waals surface area contributed by atoms with Crippen LogP contribution in [0.4, 0.5) is 0 Å². The third kappa shape index (κ3) is 4.72. The van der Waals surface area contributed by atoms with Crippen LogP contribution in [0.1, 0.15) is 49.1 Å². The Hall–Kier alpha value is -3.35. The maximum atomic E-state index is 13.4. The molecule has 2 aromatic heterocycles. The third-order valence-corrected chi connectivity index (χ3v) is 6.47. The van der Waals surface area contributed by atoms with E-state index < -0.39 is 0 Å². The number of fused-ring (bicyclic) bond motifs is 1. The first kappa shape index (κ1) is 22.8. The van der Waals surface area contributed by atoms with Gasteiger partial charge >= 0.3 is 5.97 Å². The lowest BCUT2D eigenvalue weighted by atomic mass is 9.90. The number of esters is 1. The average molecular weight is 450 g/mol. The van der Waals surface area contributed by atoms with Gasteiger partial charge in [0.2, 0.25) is 5.91 Å². The quantitative estimate of drug-likeness (QED) is 0.510. The van der Waals surface area contributed by atoms with Crippen molar-refractivity contribution in [3.63, 3.8) is 0 Å². The zero-order valence-corrected chi connectivity index (χ0v) is 19.5. The van der Waals surface area contributed by atoms with Crippen molar-refractivity contribution >= 4 is 17.5 Å². The number of piperidine rings is 1. The lowest BCUT2D eigenvalue weighted by Crippen LogP contribution is -2.41. The van der Waals surface area contributed by atoms with Gasteiger partial charge < -0.3 is 18.8 Å². The van der Waals surface area contributed by atoms with Gasteiger partial charge in [0.25, 0.3) is 0 Å². The van der Waals surface area contributed by atoms with Crippen LogP contribution in [0.2, 0.25) is 0 Å². The second-order valence-electron chi connectivity index (χ2n) is 8.45. The van der Waals surface area contributed by atoms with Crippen LogP contribution in [0.25, 0.3) is 5.65 Å². The minimum atomic E-state index is -0.215. The summed E-state index contributed by atoms with van der Waals surface area (Å²) < 4.78 is 12.9. The van der Waals surface area contributed by atoms with E-state index in [1.54, 1.807) is 7.11 Å². The highest BCUT2D eigenvalue weighted by Crippen LogP contribution is 2.36. The molecule has 3 aromatic rings. The van der Waals surface area contributed by atoms with Crippen molar-refractivity contribution in [3.05, 3.63) is 65.6 Å². The molecule has 0 aliphatic carbocycles. The number of rotatable bonds is 7. The van der Waals surface area contributed by atoms with Gasteiger partial charge in [-0.3, -0.25) is 9.59 Å². The molecule has 1 aromatic carbocycles. The lowest BCUT2D eigenvalue weighted by molar-refractivity contribution is -0.151. The molecule has 1 amide bonds. The molecule has 1 fully saturated rings. The number of amides is 1. The summed E-state index contributed by atoms with van der Waals surface area (Å²) >= 11 is 0. The number of nitrogens with zero attached hydrogens (tertiary/aromatic N) is 3. The average Bonchev–Trinajstić information content (AvgIpc) is 3.28. The topological polar surface area (TPSA) is 73.1 Å². The largest absolute Gasteiger partial charge is 0.496 e. The molecule has 1 aliphatic heterocycles. The van der Waals surface area contributed by atoms with Gasteiger partial charge in [-0.1, -0.05) is 24.3 Å². The number of aryl methyl sites for hydroxylation is 1. The highest BCUT2D eigenvalue weighted by Gasteiger charge is 2.31. The number of hydrogen-bond donors (Lipinski definition) is 0. The van der Waals surface area contributed by atoms with E-state index in [2.05, 4.69) is 9.38 Å². The molecule has 0 bridgehead atoms. The number of pyridine rings is 1. The van der Waals surface area contributed by atoms with E-state index >= 15 is 0 Å². The van der Waals surface area contributed by atoms with Crippen LogP contribution >= 0.6 is 0 Å². The van der Waals surface area contributed by atoms with Crippen LogP contribution in [-0.4, -0.2) is 53.0 Å². The number of likely N-dealkylation sites (tertiary alicyclic amines) is 1. The minimum absolute atomic E-state index is 0.0664. The summed E-state index contributed by atoms with van der Waals surface area (Å²) in [6, 6.07) is 13.8. The van der Waals surface area contributed by atoms with Gasteiger partial charge in [-0.25, -0.2) is 4.98 Å². The molecule has 3 heterocycles. The van der Waals surface area contributed by atoms with Crippen LogP contribution in [0, 0.1) is 12.8 Å². The zero-order chi connectivity index (χ0) is 23.4. The van der Waals surface area contributed by atoms with Crippen molar-refractivity contribution in [2.45, 2.75) is 39.0 Å². The van der Waals surface area contributed by atoms with Crippen LogP contribution in [0.5, 0.6) is 5.75 Å². The van der Waals surface area contributed by atoms with Crippen LogP contribution < -0.4 is 4.74 Å². The summed E-state index contributed by atoms with van der Waals surface area (Å²) in [4.78, 5) is 32.0. The highest BCUT2D eigenvalue weighted by molar-refractivity contribution is 5.79. The molecule has 0 radical (unpaired) electrons. The summed E-state index contributed by atoms with van der Waals surface area (Å²) in [7, 11) is 1.65. The summed E-state index contributed by atoms with van der Waals surface area (Å²) in [6.45, 7) is 5.37. The Morgan fingerprint density at radius 3 is 2.61 bits per heavy atom. The number of para-hydroxylation sites is 1. The van der Waals surface area contributed by atoms with Crippen molar-refractivity contribution in [1.29, 1.82) is 0 Å². The number of hydrogen-bond acceptors (Lipinski definition) is 5. The normalized spacial score (nSPS) is 15.4. The van der Waals surface area contributed by atoms with Gasteiger partial charge in [-0.05, 0) is 44.9 Å². The lowest BCUT2D eigenvalue weighted by Gasteiger charge is -2.32. The first-order valence-electron chi connectivity index (χ1n) is 11.5. The van der Waals surface area contributed by atoms with Gasteiger partial charge in [0.1, 0.15) is 11.4 Å². The number of benzene rings is 1. The van der Waals surface area contributed by atoms with Crippen LogP contribution in [0.3, 0.4) is 0 Å². The number of aromatic nitrogens is 2. The van der Waals surface area contributed by atoms with E-state index in [-0.39, 0.29) is 23.7 Å². The number of imidazole rings is 1. The van der Waals surface area contributed by atoms with Gasteiger partial charge in [0.15, 0.2) is 0 Å². The molecule has 33 heavy (non-hydrogen) atoms. The standard InChI is InChI=1S/C26H31N3O4/c1-4-33-26(31)19-12-14-28(15-13-19)25(30)16-21(20-9-5-6-10-23(20)32-3)22-17-27-24-11-7-8-18(2)29(22)24/h5-11,17,19,21H,4,12-16H2,1-3H3. The second-order valence-corrected chi connectivity index (χ2v) is 8.45. The van der Waals surface area contributed by atoms with E-state index in [1.807, 2.05) is 67.4 Å². The van der Waals surface area contributed by atoms with Gasteiger partial charge in [0, 0.05) is 42.9 Å². The molecule has 0 saturated carbocycles. The monoisotopic (exact) mass is 449 g/mol. The zero-order valence-electron chi connectivity index (χ0n) is 19.5. The van der Waals surface area contributed by atoms with Crippen LogP contribution in [-0.2, 0) is 14.3 Å². The van der Waals surface area contributed by atoms with Gasteiger partial charge in [-0.2, -0.15) is 0 Å². The summed E-state index contributed by atoms with van der Waals surface area (Å²) in [6.07, 6.45) is 3.43. The van der Waals surface area contributed by atoms with Crippen LogP contribution in [0.15, 0.2) is 48.7 Å². The number of carbonyl (C=O) groups excluding carboxylic acids is 2. The van der Waals surface area contributed by atoms with E-state index in [0.29, 0.717) is 39.0 Å². The smallest absolute Gasteiger partial charge is 0.309 e. The molecule has 1 unspecified atom stereocenters. The molecule has 7 heteroatoms. The minimum Gasteiger partial charge on any atom is -0.496 e. The fourth-order valence-electron chi connectivity index (χ4n) is 4.73. The molecule has 1 atom stereocenters. The third-order valence-electron chi connectivity index (χ3n) is 6.47. The number of methoxy groups -OCH3 is 1. The summed E-state index contributed by atoms with van der Waals surface area (Å²) in [5.41, 5.74) is 3.83. The van der Waals surface area contributed by atoms with Gasteiger partial charge in [0.05, 0.1) is 25.3 Å². The van der Waals surface area contributed by atoms with Gasteiger partial charge in [-0.15, -0.1) is 0 Å². The Bertz CT molecular complexity index is 1130. The molecule has 4 rings (SSSR count). The van der Waals surface area contributed by atoms with E-state index in [4.69, 9.17) is 9.47 Å². The van der Waals surface area contributed by atoms with E-state index in [0.717, 1.165) is 28.3 Å². The molecule has 0 spiro atoms. The Morgan fingerprint density at radius 2 is 1.88 bits per heavy atom. The van der Waals surface area contributed by atoms with E-state index in [9.17, 15) is 9.59 Å². The molecule has 1 aliphatic rings. The first-order valence-corrected chi connectivity index (χ1v) is 11.5. The highest BCUT2D eigenvalue weighted by atomic mass is 16.5. The predicted octanol–water partition coefficient (Wildman–Crippen LogP) is 3.98. The summed E-state index contributed by atoms with van der Waals surface area (Å²) in [5.74, 6) is 0.322. The van der Waals surface area contributed by atoms with Crippen molar-refractivity contribution in [2.24, 2.45) is 5.92 Å². The number of ether oxygens (including phenoxy) is 2. The fraction of sp³-hybridized carbons (Fsp3) is 0.423. The Kier molecular flexibility index (Phi) is 6.96. The fourth-order valence-corrected chi connectivity index (χ4v) is 4.73. The maximum Gasteiger partial charge on any atom is 0.309 e. The SMILES string of the molecule is CCOC(=O)C1CCN(C(=O)CC(c2ccccc2OC)c2cnc3cccc(C)n23)CC1. The Morgan fingerprint density at radius 1 is 1.12 bits per heavy atom. The van der Waals surface area contributed by atoms with Crippen molar-refractivity contribution in [3.8, 4) is 5.75 Å².